The summed E-state index contributed by atoms with van der Waals surface area (Å²) >= 11 is 0. The summed E-state index contributed by atoms with van der Waals surface area (Å²) in [6, 6.07) is 0.889. The molecule has 1 aliphatic carbocycles. The smallest absolute Gasteiger partial charge is 0.168 e. The van der Waals surface area contributed by atoms with Crippen molar-refractivity contribution in [2.24, 2.45) is 5.41 Å². The summed E-state index contributed by atoms with van der Waals surface area (Å²) in [5, 5.41) is 5.88. The molecule has 1 aliphatic rings. The van der Waals surface area contributed by atoms with Crippen LogP contribution in [0.25, 0.3) is 0 Å². The molecule has 112 valence electrons. The van der Waals surface area contributed by atoms with E-state index in [1.807, 2.05) is 6.92 Å². The van der Waals surface area contributed by atoms with E-state index in [2.05, 4.69) is 22.5 Å². The number of halogens is 2. The molecule has 0 amide bonds. The third-order valence-corrected chi connectivity index (χ3v) is 4.32. The molecule has 0 bridgehead atoms. The third kappa shape index (κ3) is 3.19. The molecule has 0 spiro atoms. The minimum atomic E-state index is -0.652. The van der Waals surface area contributed by atoms with Crippen molar-refractivity contribution >= 4 is 11.6 Å². The lowest BCUT2D eigenvalue weighted by molar-refractivity contribution is 0.306. The van der Waals surface area contributed by atoms with Gasteiger partial charge in [-0.1, -0.05) is 19.8 Å². The maximum absolute atomic E-state index is 13.8. The largest absolute Gasteiger partial charge is 0.368 e. The first-order chi connectivity index (χ1) is 9.60. The normalized spacial score (nSPS) is 17.2. The van der Waals surface area contributed by atoms with Crippen LogP contribution in [0.3, 0.4) is 0 Å². The molecule has 0 radical (unpaired) electrons. The molecule has 0 atom stereocenters. The Labute approximate surface area is 119 Å². The molecule has 3 nitrogen and oxygen atoms in total. The fourth-order valence-electron chi connectivity index (χ4n) is 2.93. The fraction of sp³-hybridized carbons (Fsp3) is 0.667. The second kappa shape index (κ2) is 6.37. The van der Waals surface area contributed by atoms with Crippen molar-refractivity contribution in [1.29, 1.82) is 0 Å². The molecule has 0 unspecified atom stereocenters. The lowest BCUT2D eigenvalue weighted by Gasteiger charge is -2.28. The predicted molar refractivity (Wildman–Crippen MR) is 78.0 cm³/mol. The average molecular weight is 283 g/mol. The molecule has 0 saturated heterocycles. The molecule has 0 aliphatic heterocycles. The first kappa shape index (κ1) is 15.0. The molecule has 0 aromatic carbocycles. The quantitative estimate of drug-likeness (QED) is 0.822. The monoisotopic (exact) mass is 283 g/mol. The highest BCUT2D eigenvalue weighted by molar-refractivity contribution is 5.47. The van der Waals surface area contributed by atoms with Gasteiger partial charge in [0.1, 0.15) is 0 Å². The SMILES string of the molecule is CCNc1nc(NCC2(CC)CCCC2)c(F)cc1F. The van der Waals surface area contributed by atoms with Crippen LogP contribution in [0.1, 0.15) is 46.0 Å². The highest BCUT2D eigenvalue weighted by Gasteiger charge is 2.32. The van der Waals surface area contributed by atoms with Crippen LogP contribution >= 0.6 is 0 Å². The van der Waals surface area contributed by atoms with Crippen molar-refractivity contribution in [2.45, 2.75) is 46.0 Å². The number of anilines is 2. The van der Waals surface area contributed by atoms with Crippen LogP contribution in [0, 0.1) is 17.0 Å². The van der Waals surface area contributed by atoms with Crippen LogP contribution in [0.5, 0.6) is 0 Å². The maximum Gasteiger partial charge on any atom is 0.168 e. The van der Waals surface area contributed by atoms with Gasteiger partial charge >= 0.3 is 0 Å². The highest BCUT2D eigenvalue weighted by Crippen LogP contribution is 2.41. The van der Waals surface area contributed by atoms with Gasteiger partial charge in [-0.05, 0) is 31.6 Å². The molecule has 1 fully saturated rings. The van der Waals surface area contributed by atoms with Crippen LogP contribution in [-0.4, -0.2) is 18.1 Å². The van der Waals surface area contributed by atoms with Crippen LogP contribution in [0.2, 0.25) is 0 Å². The van der Waals surface area contributed by atoms with E-state index in [0.29, 0.717) is 13.1 Å². The zero-order valence-electron chi connectivity index (χ0n) is 12.2. The Hall–Kier alpha value is -1.39. The molecule has 1 heterocycles. The molecule has 1 saturated carbocycles. The Bertz CT molecular complexity index is 457. The number of aromatic nitrogens is 1. The Morgan fingerprint density at radius 1 is 1.10 bits per heavy atom. The van der Waals surface area contributed by atoms with Gasteiger partial charge in [0.05, 0.1) is 0 Å². The number of pyridine rings is 1. The lowest BCUT2D eigenvalue weighted by atomic mass is 9.83. The molecule has 5 heteroatoms. The van der Waals surface area contributed by atoms with E-state index in [1.54, 1.807) is 0 Å². The number of rotatable bonds is 6. The molecule has 1 aromatic heterocycles. The van der Waals surface area contributed by atoms with Gasteiger partial charge in [0.2, 0.25) is 0 Å². The Kier molecular flexibility index (Phi) is 4.78. The molecule has 20 heavy (non-hydrogen) atoms. The van der Waals surface area contributed by atoms with Crippen LogP contribution in [0.15, 0.2) is 6.07 Å². The standard InChI is InChI=1S/C15H23F2N3/c1-3-15(7-5-6-8-15)10-19-14-12(17)9-11(16)13(20-14)18-4-2/h9H,3-8,10H2,1-2H3,(H2,18,19,20). The van der Waals surface area contributed by atoms with E-state index in [-0.39, 0.29) is 17.1 Å². The van der Waals surface area contributed by atoms with Gasteiger partial charge in [0.25, 0.3) is 0 Å². The van der Waals surface area contributed by atoms with Crippen LogP contribution < -0.4 is 10.6 Å². The zero-order chi connectivity index (χ0) is 14.6. The van der Waals surface area contributed by atoms with Gasteiger partial charge in [-0.25, -0.2) is 13.8 Å². The van der Waals surface area contributed by atoms with Gasteiger partial charge in [-0.3, -0.25) is 0 Å². The third-order valence-electron chi connectivity index (χ3n) is 4.32. The summed E-state index contributed by atoms with van der Waals surface area (Å²) in [6.07, 6.45) is 5.87. The summed E-state index contributed by atoms with van der Waals surface area (Å²) < 4.78 is 27.3. The van der Waals surface area contributed by atoms with E-state index >= 15 is 0 Å². The van der Waals surface area contributed by atoms with Crippen LogP contribution in [0.4, 0.5) is 20.4 Å². The predicted octanol–water partition coefficient (Wildman–Crippen LogP) is 4.17. The Morgan fingerprint density at radius 3 is 2.25 bits per heavy atom. The van der Waals surface area contributed by atoms with Crippen molar-refractivity contribution in [1.82, 2.24) is 4.98 Å². The number of hydrogen-bond acceptors (Lipinski definition) is 3. The molecular weight excluding hydrogens is 260 g/mol. The number of nitrogens with one attached hydrogen (secondary N) is 2. The van der Waals surface area contributed by atoms with Crippen molar-refractivity contribution < 1.29 is 8.78 Å². The van der Waals surface area contributed by atoms with E-state index in [1.165, 1.54) is 25.7 Å². The maximum atomic E-state index is 13.8. The highest BCUT2D eigenvalue weighted by atomic mass is 19.1. The first-order valence-corrected chi connectivity index (χ1v) is 7.44. The summed E-state index contributed by atoms with van der Waals surface area (Å²) in [5.74, 6) is -1.04. The second-order valence-electron chi connectivity index (χ2n) is 5.59. The zero-order valence-corrected chi connectivity index (χ0v) is 12.2. The van der Waals surface area contributed by atoms with E-state index in [4.69, 9.17) is 0 Å². The molecule has 2 rings (SSSR count). The topological polar surface area (TPSA) is 37.0 Å². The summed E-state index contributed by atoms with van der Waals surface area (Å²) in [5.41, 5.74) is 0.237. The number of nitrogens with zero attached hydrogens (tertiary/aromatic N) is 1. The van der Waals surface area contributed by atoms with E-state index < -0.39 is 11.6 Å². The molecule has 2 N–H and O–H groups in total. The van der Waals surface area contributed by atoms with Crippen molar-refractivity contribution in [3.8, 4) is 0 Å². The molecular formula is C15H23F2N3. The second-order valence-corrected chi connectivity index (χ2v) is 5.59. The van der Waals surface area contributed by atoms with E-state index in [9.17, 15) is 8.78 Å². The average Bonchev–Trinajstić information content (AvgIpc) is 2.90. The lowest BCUT2D eigenvalue weighted by Crippen LogP contribution is -2.26. The van der Waals surface area contributed by atoms with Crippen molar-refractivity contribution in [3.63, 3.8) is 0 Å². The Balaban J connectivity index is 2.10. The summed E-state index contributed by atoms with van der Waals surface area (Å²) in [7, 11) is 0. The summed E-state index contributed by atoms with van der Waals surface area (Å²) in [6.45, 7) is 5.27. The van der Waals surface area contributed by atoms with Crippen molar-refractivity contribution in [3.05, 3.63) is 17.7 Å². The fourth-order valence-corrected chi connectivity index (χ4v) is 2.93. The summed E-state index contributed by atoms with van der Waals surface area (Å²) in [4.78, 5) is 4.02. The van der Waals surface area contributed by atoms with Gasteiger partial charge in [0, 0.05) is 19.2 Å². The number of hydrogen-bond donors (Lipinski definition) is 2. The van der Waals surface area contributed by atoms with Crippen molar-refractivity contribution in [2.75, 3.05) is 23.7 Å². The minimum Gasteiger partial charge on any atom is -0.368 e. The van der Waals surface area contributed by atoms with Gasteiger partial charge in [-0.15, -0.1) is 0 Å². The van der Waals surface area contributed by atoms with Gasteiger partial charge in [0.15, 0.2) is 23.3 Å². The van der Waals surface area contributed by atoms with Gasteiger partial charge < -0.3 is 10.6 Å². The van der Waals surface area contributed by atoms with Gasteiger partial charge in [-0.2, -0.15) is 0 Å². The molecule has 1 aromatic rings. The van der Waals surface area contributed by atoms with Crippen LogP contribution in [-0.2, 0) is 0 Å². The first-order valence-electron chi connectivity index (χ1n) is 7.44. The minimum absolute atomic E-state index is 0.105. The van der Waals surface area contributed by atoms with E-state index in [0.717, 1.165) is 12.5 Å². The Morgan fingerprint density at radius 2 is 1.70 bits per heavy atom.